The predicted molar refractivity (Wildman–Crippen MR) is 112 cm³/mol. The van der Waals surface area contributed by atoms with Crippen LogP contribution < -0.4 is 0 Å². The molecule has 0 saturated carbocycles. The third kappa shape index (κ3) is 4.54. The highest BCUT2D eigenvalue weighted by Crippen LogP contribution is 2.35. The van der Waals surface area contributed by atoms with Crippen molar-refractivity contribution in [3.8, 4) is 10.6 Å². The zero-order valence-corrected chi connectivity index (χ0v) is 18.1. The van der Waals surface area contributed by atoms with E-state index in [9.17, 15) is 26.4 Å². The van der Waals surface area contributed by atoms with E-state index in [1.54, 1.807) is 0 Å². The second kappa shape index (κ2) is 8.30. The number of benzene rings is 2. The number of carboxylic acid groups (broad SMARTS) is 1. The summed E-state index contributed by atoms with van der Waals surface area (Å²) in [7, 11) is -3.79. The SMILES string of the molecule is O=C(O)Cc1ccc(S(=O)(=O)N2CCc3nc(-c4ccc(C(F)(F)F)cc4)sc3C2)cc1. The highest BCUT2D eigenvalue weighted by Gasteiger charge is 2.32. The fourth-order valence-corrected chi connectivity index (χ4v) is 6.03. The van der Waals surface area contributed by atoms with Crippen molar-refractivity contribution in [2.75, 3.05) is 6.54 Å². The van der Waals surface area contributed by atoms with Gasteiger partial charge in [0.2, 0.25) is 10.0 Å². The standard InChI is InChI=1S/C21H17F3N2O4S2/c22-21(23,24)15-5-3-14(4-6-15)20-25-17-9-10-26(12-18(17)31-20)32(29,30)16-7-1-13(2-8-16)11-19(27)28/h1-8H,9-12H2,(H,27,28). The number of carbonyl (C=O) groups is 1. The molecule has 0 amide bonds. The lowest BCUT2D eigenvalue weighted by Crippen LogP contribution is -2.35. The zero-order valence-electron chi connectivity index (χ0n) is 16.5. The number of aliphatic carboxylic acids is 1. The predicted octanol–water partition coefficient (Wildman–Crippen LogP) is 4.20. The first-order chi connectivity index (χ1) is 15.0. The molecule has 0 saturated heterocycles. The number of thiazole rings is 1. The van der Waals surface area contributed by atoms with Crippen molar-refractivity contribution in [3.05, 3.63) is 70.2 Å². The van der Waals surface area contributed by atoms with Crippen molar-refractivity contribution in [2.24, 2.45) is 0 Å². The normalized spacial score (nSPS) is 14.8. The fraction of sp³-hybridized carbons (Fsp3) is 0.238. The number of aromatic nitrogens is 1. The van der Waals surface area contributed by atoms with Crippen LogP contribution in [0.25, 0.3) is 10.6 Å². The fourth-order valence-electron chi connectivity index (χ4n) is 3.41. The van der Waals surface area contributed by atoms with Crippen LogP contribution in [0.2, 0.25) is 0 Å². The molecule has 32 heavy (non-hydrogen) atoms. The van der Waals surface area contributed by atoms with Gasteiger partial charge in [-0.3, -0.25) is 4.79 Å². The lowest BCUT2D eigenvalue weighted by molar-refractivity contribution is -0.138. The number of carboxylic acids is 1. The van der Waals surface area contributed by atoms with Crippen molar-refractivity contribution in [1.29, 1.82) is 0 Å². The molecule has 0 aliphatic carbocycles. The Morgan fingerprint density at radius 2 is 1.75 bits per heavy atom. The van der Waals surface area contributed by atoms with Crippen LogP contribution >= 0.6 is 11.3 Å². The Morgan fingerprint density at radius 3 is 2.34 bits per heavy atom. The molecule has 4 rings (SSSR count). The molecule has 1 aromatic heterocycles. The van der Waals surface area contributed by atoms with E-state index in [-0.39, 0.29) is 24.4 Å². The molecule has 1 N–H and O–H groups in total. The first-order valence-electron chi connectivity index (χ1n) is 9.51. The topological polar surface area (TPSA) is 87.6 Å². The maximum absolute atomic E-state index is 13.0. The van der Waals surface area contributed by atoms with Gasteiger partial charge in [0.25, 0.3) is 0 Å². The highest BCUT2D eigenvalue weighted by molar-refractivity contribution is 7.89. The first kappa shape index (κ1) is 22.4. The Labute approximate surface area is 186 Å². The number of fused-ring (bicyclic) bond motifs is 1. The molecule has 0 unspecified atom stereocenters. The molecule has 1 aliphatic heterocycles. The zero-order chi connectivity index (χ0) is 23.1. The molecule has 0 radical (unpaired) electrons. The molecule has 3 aromatic rings. The molecular formula is C21H17F3N2O4S2. The average molecular weight is 483 g/mol. The van der Waals surface area contributed by atoms with Crippen LogP contribution in [0.5, 0.6) is 0 Å². The second-order valence-electron chi connectivity index (χ2n) is 7.27. The molecule has 0 spiro atoms. The van der Waals surface area contributed by atoms with E-state index in [4.69, 9.17) is 5.11 Å². The van der Waals surface area contributed by atoms with Gasteiger partial charge in [0, 0.05) is 23.4 Å². The molecule has 1 aliphatic rings. The van der Waals surface area contributed by atoms with E-state index in [1.165, 1.54) is 52.0 Å². The number of alkyl halides is 3. The molecule has 2 heterocycles. The molecule has 11 heteroatoms. The third-order valence-corrected chi connectivity index (χ3v) is 8.06. The van der Waals surface area contributed by atoms with Crippen LogP contribution in [0, 0.1) is 0 Å². The lowest BCUT2D eigenvalue weighted by atomic mass is 10.1. The van der Waals surface area contributed by atoms with Gasteiger partial charge in [0.05, 0.1) is 29.1 Å². The van der Waals surface area contributed by atoms with E-state index >= 15 is 0 Å². The van der Waals surface area contributed by atoms with Crippen molar-refractivity contribution in [1.82, 2.24) is 9.29 Å². The van der Waals surface area contributed by atoms with Crippen molar-refractivity contribution >= 4 is 27.3 Å². The van der Waals surface area contributed by atoms with Gasteiger partial charge in [-0.1, -0.05) is 24.3 Å². The highest BCUT2D eigenvalue weighted by atomic mass is 32.2. The summed E-state index contributed by atoms with van der Waals surface area (Å²) >= 11 is 1.26. The molecule has 2 aromatic carbocycles. The van der Waals surface area contributed by atoms with Gasteiger partial charge >= 0.3 is 12.1 Å². The monoisotopic (exact) mass is 482 g/mol. The minimum absolute atomic E-state index is 0.0718. The van der Waals surface area contributed by atoms with Gasteiger partial charge in [0.1, 0.15) is 5.01 Å². The van der Waals surface area contributed by atoms with E-state index in [1.807, 2.05) is 0 Å². The van der Waals surface area contributed by atoms with Crippen molar-refractivity contribution in [3.63, 3.8) is 0 Å². The Balaban J connectivity index is 1.54. The molecule has 6 nitrogen and oxygen atoms in total. The number of hydrogen-bond acceptors (Lipinski definition) is 5. The van der Waals surface area contributed by atoms with Crippen LogP contribution in [0.4, 0.5) is 13.2 Å². The summed E-state index contributed by atoms with van der Waals surface area (Å²) in [6.07, 6.45) is -4.22. The minimum Gasteiger partial charge on any atom is -0.481 e. The van der Waals surface area contributed by atoms with Gasteiger partial charge in [-0.25, -0.2) is 13.4 Å². The Kier molecular flexibility index (Phi) is 5.82. The van der Waals surface area contributed by atoms with Gasteiger partial charge in [-0.05, 0) is 29.8 Å². The third-order valence-electron chi connectivity index (χ3n) is 5.07. The number of rotatable bonds is 5. The van der Waals surface area contributed by atoms with Gasteiger partial charge < -0.3 is 5.11 Å². The minimum atomic E-state index is -4.42. The van der Waals surface area contributed by atoms with Crippen LogP contribution in [-0.2, 0) is 40.4 Å². The number of sulfonamides is 1. The van der Waals surface area contributed by atoms with Crippen molar-refractivity contribution < 1.29 is 31.5 Å². The Morgan fingerprint density at radius 1 is 1.09 bits per heavy atom. The van der Waals surface area contributed by atoms with Gasteiger partial charge in [-0.15, -0.1) is 11.3 Å². The molecule has 168 valence electrons. The summed E-state index contributed by atoms with van der Waals surface area (Å²) < 4.78 is 65.7. The number of nitrogens with zero attached hydrogens (tertiary/aromatic N) is 2. The molecule has 0 atom stereocenters. The van der Waals surface area contributed by atoms with Crippen LogP contribution in [0.3, 0.4) is 0 Å². The largest absolute Gasteiger partial charge is 0.481 e. The lowest BCUT2D eigenvalue weighted by Gasteiger charge is -2.25. The van der Waals surface area contributed by atoms with E-state index in [0.717, 1.165) is 22.7 Å². The second-order valence-corrected chi connectivity index (χ2v) is 10.3. The van der Waals surface area contributed by atoms with Crippen LogP contribution in [-0.4, -0.2) is 35.3 Å². The summed E-state index contributed by atoms with van der Waals surface area (Å²) in [6.45, 7) is 0.343. The van der Waals surface area contributed by atoms with Gasteiger partial charge in [0.15, 0.2) is 0 Å². The smallest absolute Gasteiger partial charge is 0.416 e. The quantitative estimate of drug-likeness (QED) is 0.589. The summed E-state index contributed by atoms with van der Waals surface area (Å²) in [5.41, 5.74) is 1.05. The molecular weight excluding hydrogens is 465 g/mol. The first-order valence-corrected chi connectivity index (χ1v) is 11.8. The summed E-state index contributed by atoms with van der Waals surface area (Å²) in [5.74, 6) is -1.00. The van der Waals surface area contributed by atoms with E-state index in [2.05, 4.69) is 4.98 Å². The van der Waals surface area contributed by atoms with E-state index in [0.29, 0.717) is 22.6 Å². The molecule has 0 bridgehead atoms. The Bertz CT molecular complexity index is 1250. The average Bonchev–Trinajstić information content (AvgIpc) is 3.16. The van der Waals surface area contributed by atoms with E-state index < -0.39 is 27.7 Å². The summed E-state index contributed by atoms with van der Waals surface area (Å²) in [5, 5.41) is 9.39. The maximum Gasteiger partial charge on any atom is 0.416 e. The summed E-state index contributed by atoms with van der Waals surface area (Å²) in [6, 6.07) is 10.5. The maximum atomic E-state index is 13.0. The Hall–Kier alpha value is -2.76. The van der Waals surface area contributed by atoms with Crippen molar-refractivity contribution in [2.45, 2.75) is 30.5 Å². The van der Waals surface area contributed by atoms with Crippen LogP contribution in [0.15, 0.2) is 53.4 Å². The number of halogens is 3. The number of hydrogen-bond donors (Lipinski definition) is 1. The van der Waals surface area contributed by atoms with Gasteiger partial charge in [-0.2, -0.15) is 17.5 Å². The molecule has 0 fully saturated rings. The summed E-state index contributed by atoms with van der Waals surface area (Å²) in [4.78, 5) is 16.1. The van der Waals surface area contributed by atoms with Crippen LogP contribution in [0.1, 0.15) is 21.7 Å².